The normalized spacial score (nSPS) is 21.9. The summed E-state index contributed by atoms with van der Waals surface area (Å²) < 4.78 is 0. The Morgan fingerprint density at radius 3 is 2.82 bits per heavy atom. The standard InChI is InChI=1S/C9H8O2/c10-8-5-9(11)7-4-2-1-3-6(7)8/h1-4,8,10H,5H2/t8-/m0/s1. The van der Waals surface area contributed by atoms with Crippen LogP contribution in [0.15, 0.2) is 24.3 Å². The van der Waals surface area contributed by atoms with Gasteiger partial charge in [-0.1, -0.05) is 24.3 Å². The lowest BCUT2D eigenvalue weighted by Crippen LogP contribution is -1.90. The van der Waals surface area contributed by atoms with Crippen molar-refractivity contribution in [2.24, 2.45) is 0 Å². The highest BCUT2D eigenvalue weighted by Gasteiger charge is 2.26. The van der Waals surface area contributed by atoms with E-state index in [1.54, 1.807) is 12.1 Å². The van der Waals surface area contributed by atoms with E-state index in [9.17, 15) is 9.90 Å². The quantitative estimate of drug-likeness (QED) is 0.602. The molecule has 2 nitrogen and oxygen atoms in total. The third-order valence-electron chi connectivity index (χ3n) is 2.00. The lowest BCUT2D eigenvalue weighted by Gasteiger charge is -1.99. The van der Waals surface area contributed by atoms with Gasteiger partial charge in [0.2, 0.25) is 0 Å². The molecule has 0 aromatic heterocycles. The Labute approximate surface area is 64.5 Å². The maximum absolute atomic E-state index is 11.1. The predicted molar refractivity (Wildman–Crippen MR) is 40.3 cm³/mol. The van der Waals surface area contributed by atoms with Crippen LogP contribution in [0.3, 0.4) is 0 Å². The molecule has 1 aliphatic rings. The molecule has 0 radical (unpaired) electrons. The van der Waals surface area contributed by atoms with Crippen molar-refractivity contribution in [3.63, 3.8) is 0 Å². The minimum atomic E-state index is -0.571. The van der Waals surface area contributed by atoms with Gasteiger partial charge in [-0.25, -0.2) is 0 Å². The monoisotopic (exact) mass is 148 g/mol. The average Bonchev–Trinajstić information content (AvgIpc) is 2.30. The third-order valence-corrected chi connectivity index (χ3v) is 2.00. The van der Waals surface area contributed by atoms with Crippen LogP contribution in [0.25, 0.3) is 0 Å². The molecule has 1 aliphatic carbocycles. The van der Waals surface area contributed by atoms with Gasteiger partial charge in [-0.05, 0) is 5.56 Å². The van der Waals surface area contributed by atoms with E-state index in [0.717, 1.165) is 5.56 Å². The molecule has 2 rings (SSSR count). The molecule has 0 amide bonds. The zero-order chi connectivity index (χ0) is 7.84. The van der Waals surface area contributed by atoms with Crippen LogP contribution in [0.2, 0.25) is 0 Å². The second-order valence-electron chi connectivity index (χ2n) is 2.73. The summed E-state index contributed by atoms with van der Waals surface area (Å²) in [6.07, 6.45) is -0.321. The smallest absolute Gasteiger partial charge is 0.166 e. The number of hydrogen-bond donors (Lipinski definition) is 1. The van der Waals surface area contributed by atoms with E-state index in [1.807, 2.05) is 12.1 Å². The molecule has 2 heteroatoms. The minimum absolute atomic E-state index is 0.0492. The van der Waals surface area contributed by atoms with Crippen LogP contribution in [0.4, 0.5) is 0 Å². The van der Waals surface area contributed by atoms with Crippen molar-refractivity contribution in [1.82, 2.24) is 0 Å². The highest BCUT2D eigenvalue weighted by atomic mass is 16.3. The van der Waals surface area contributed by atoms with Gasteiger partial charge in [0.1, 0.15) is 0 Å². The first-order chi connectivity index (χ1) is 5.29. The summed E-state index contributed by atoms with van der Waals surface area (Å²) in [6, 6.07) is 7.20. The fourth-order valence-corrected chi connectivity index (χ4v) is 1.44. The van der Waals surface area contributed by atoms with Gasteiger partial charge in [-0.2, -0.15) is 0 Å². The topological polar surface area (TPSA) is 37.3 Å². The summed E-state index contributed by atoms with van der Waals surface area (Å²) >= 11 is 0. The molecule has 1 aromatic rings. The number of fused-ring (bicyclic) bond motifs is 1. The highest BCUT2D eigenvalue weighted by Crippen LogP contribution is 2.29. The lowest BCUT2D eigenvalue weighted by atomic mass is 10.1. The highest BCUT2D eigenvalue weighted by molar-refractivity contribution is 6.00. The van der Waals surface area contributed by atoms with E-state index in [4.69, 9.17) is 0 Å². The molecule has 1 N–H and O–H groups in total. The fraction of sp³-hybridized carbons (Fsp3) is 0.222. The van der Waals surface area contributed by atoms with Gasteiger partial charge in [0.05, 0.1) is 6.10 Å². The van der Waals surface area contributed by atoms with Crippen LogP contribution in [-0.2, 0) is 0 Å². The second-order valence-corrected chi connectivity index (χ2v) is 2.73. The number of carbonyl (C=O) groups is 1. The van der Waals surface area contributed by atoms with Gasteiger partial charge < -0.3 is 5.11 Å². The number of hydrogen-bond acceptors (Lipinski definition) is 2. The largest absolute Gasteiger partial charge is 0.388 e. The van der Waals surface area contributed by atoms with Crippen LogP contribution in [-0.4, -0.2) is 10.9 Å². The maximum atomic E-state index is 11.1. The summed E-state index contributed by atoms with van der Waals surface area (Å²) in [6.45, 7) is 0. The van der Waals surface area contributed by atoms with E-state index in [2.05, 4.69) is 0 Å². The fourth-order valence-electron chi connectivity index (χ4n) is 1.44. The first-order valence-electron chi connectivity index (χ1n) is 3.59. The molecule has 0 saturated heterocycles. The molecule has 56 valence electrons. The molecule has 0 fully saturated rings. The number of carbonyl (C=O) groups excluding carboxylic acids is 1. The molecule has 0 saturated carbocycles. The number of benzene rings is 1. The maximum Gasteiger partial charge on any atom is 0.166 e. The van der Waals surface area contributed by atoms with E-state index >= 15 is 0 Å². The number of Topliss-reactive ketones (excluding diaryl/α,β-unsaturated/α-hetero) is 1. The molecule has 1 atom stereocenters. The third kappa shape index (κ3) is 0.870. The first-order valence-corrected chi connectivity index (χ1v) is 3.59. The van der Waals surface area contributed by atoms with Crippen molar-refractivity contribution < 1.29 is 9.90 Å². The van der Waals surface area contributed by atoms with E-state index in [1.165, 1.54) is 0 Å². The van der Waals surface area contributed by atoms with Gasteiger partial charge in [0.15, 0.2) is 5.78 Å². The van der Waals surface area contributed by atoms with Gasteiger partial charge >= 0.3 is 0 Å². The summed E-state index contributed by atoms with van der Waals surface area (Å²) in [7, 11) is 0. The lowest BCUT2D eigenvalue weighted by molar-refractivity contribution is 0.0930. The van der Waals surface area contributed by atoms with Crippen molar-refractivity contribution >= 4 is 5.78 Å². The van der Waals surface area contributed by atoms with Crippen LogP contribution in [0, 0.1) is 0 Å². The van der Waals surface area contributed by atoms with Crippen LogP contribution in [0.1, 0.15) is 28.4 Å². The van der Waals surface area contributed by atoms with Gasteiger partial charge in [-0.15, -0.1) is 0 Å². The molecule has 0 bridgehead atoms. The zero-order valence-electron chi connectivity index (χ0n) is 5.95. The molecule has 0 aliphatic heterocycles. The minimum Gasteiger partial charge on any atom is -0.388 e. The number of rotatable bonds is 0. The molecule has 1 aromatic carbocycles. The summed E-state index contributed by atoms with van der Waals surface area (Å²) in [4.78, 5) is 11.1. The number of aliphatic hydroxyl groups excluding tert-OH is 1. The summed E-state index contributed by atoms with van der Waals surface area (Å²) in [5, 5.41) is 9.33. The Hall–Kier alpha value is -1.15. The van der Waals surface area contributed by atoms with E-state index in [-0.39, 0.29) is 12.2 Å². The Kier molecular flexibility index (Phi) is 1.29. The van der Waals surface area contributed by atoms with Gasteiger partial charge in [0, 0.05) is 12.0 Å². The zero-order valence-corrected chi connectivity index (χ0v) is 5.95. The Bertz CT molecular complexity index is 304. The number of aliphatic hydroxyl groups is 1. The van der Waals surface area contributed by atoms with Crippen molar-refractivity contribution in [1.29, 1.82) is 0 Å². The summed E-state index contributed by atoms with van der Waals surface area (Å²) in [5.41, 5.74) is 1.46. The van der Waals surface area contributed by atoms with Gasteiger partial charge in [-0.3, -0.25) is 4.79 Å². The van der Waals surface area contributed by atoms with Crippen molar-refractivity contribution in [3.05, 3.63) is 35.4 Å². The van der Waals surface area contributed by atoms with Crippen LogP contribution >= 0.6 is 0 Å². The first kappa shape index (κ1) is 6.55. The predicted octanol–water partition coefficient (Wildman–Crippen LogP) is 1.31. The van der Waals surface area contributed by atoms with Crippen LogP contribution in [0.5, 0.6) is 0 Å². The van der Waals surface area contributed by atoms with Crippen molar-refractivity contribution in [2.75, 3.05) is 0 Å². The average molecular weight is 148 g/mol. The SMILES string of the molecule is O=C1C[C@H](O)c2ccccc21. The molecule has 0 heterocycles. The second kappa shape index (κ2) is 2.17. The molecule has 11 heavy (non-hydrogen) atoms. The van der Waals surface area contributed by atoms with E-state index < -0.39 is 6.10 Å². The van der Waals surface area contributed by atoms with Crippen molar-refractivity contribution in [3.8, 4) is 0 Å². The molecular formula is C9H8O2. The number of ketones is 1. The van der Waals surface area contributed by atoms with Crippen LogP contribution < -0.4 is 0 Å². The Morgan fingerprint density at radius 1 is 1.36 bits per heavy atom. The molecule has 0 unspecified atom stereocenters. The summed E-state index contributed by atoms with van der Waals surface area (Å²) in [5.74, 6) is 0.0492. The van der Waals surface area contributed by atoms with Gasteiger partial charge in [0.25, 0.3) is 0 Å². The Morgan fingerprint density at radius 2 is 2.09 bits per heavy atom. The Balaban J connectivity index is 2.60. The molecular weight excluding hydrogens is 140 g/mol. The molecule has 0 spiro atoms. The van der Waals surface area contributed by atoms with Crippen molar-refractivity contribution in [2.45, 2.75) is 12.5 Å². The van der Waals surface area contributed by atoms with E-state index in [0.29, 0.717) is 5.56 Å².